The zero-order valence-electron chi connectivity index (χ0n) is 12.4. The fourth-order valence-electron chi connectivity index (χ4n) is 2.68. The minimum Gasteiger partial charge on any atom is -0.454 e. The van der Waals surface area contributed by atoms with Gasteiger partial charge in [-0.1, -0.05) is 6.08 Å². The molecule has 2 aliphatic heterocycles. The Hall–Kier alpha value is -2.50. The molecule has 1 atom stereocenters. The Morgan fingerprint density at radius 3 is 3.05 bits per heavy atom. The maximum Gasteiger partial charge on any atom is 0.243 e. The Kier molecular flexibility index (Phi) is 4.00. The van der Waals surface area contributed by atoms with E-state index >= 15 is 0 Å². The van der Waals surface area contributed by atoms with Crippen LogP contribution < -0.4 is 19.7 Å². The molecule has 2 aliphatic rings. The summed E-state index contributed by atoms with van der Waals surface area (Å²) in [6.45, 7) is 3.09. The van der Waals surface area contributed by atoms with Crippen LogP contribution in [0.15, 0.2) is 30.4 Å². The average molecular weight is 302 g/mol. The van der Waals surface area contributed by atoms with E-state index in [0.29, 0.717) is 31.0 Å². The first kappa shape index (κ1) is 14.4. The Balaban J connectivity index is 1.63. The van der Waals surface area contributed by atoms with Gasteiger partial charge in [-0.25, -0.2) is 0 Å². The summed E-state index contributed by atoms with van der Waals surface area (Å²) in [7, 11) is 0. The molecule has 0 radical (unpaired) electrons. The molecule has 0 aromatic heterocycles. The summed E-state index contributed by atoms with van der Waals surface area (Å²) < 4.78 is 10.6. The summed E-state index contributed by atoms with van der Waals surface area (Å²) in [6.07, 6.45) is 3.60. The number of rotatable bonds is 4. The van der Waals surface area contributed by atoms with Crippen molar-refractivity contribution in [3.63, 3.8) is 0 Å². The normalized spacial score (nSPS) is 20.0. The topological polar surface area (TPSA) is 67.9 Å². The number of anilines is 1. The van der Waals surface area contributed by atoms with Gasteiger partial charge in [-0.05, 0) is 25.1 Å². The molecule has 116 valence electrons. The van der Waals surface area contributed by atoms with Crippen molar-refractivity contribution in [1.82, 2.24) is 5.32 Å². The van der Waals surface area contributed by atoms with Gasteiger partial charge in [0.05, 0.1) is 0 Å². The fraction of sp³-hybridized carbons (Fsp3) is 0.375. The van der Waals surface area contributed by atoms with Crippen LogP contribution in [0.1, 0.15) is 13.3 Å². The highest BCUT2D eigenvalue weighted by Crippen LogP contribution is 2.37. The molecule has 3 rings (SSSR count). The number of hydrogen-bond donors (Lipinski definition) is 1. The summed E-state index contributed by atoms with van der Waals surface area (Å²) >= 11 is 0. The van der Waals surface area contributed by atoms with Crippen LogP contribution >= 0.6 is 0 Å². The lowest BCUT2D eigenvalue weighted by Crippen LogP contribution is -2.30. The first-order valence-electron chi connectivity index (χ1n) is 7.28. The van der Waals surface area contributed by atoms with E-state index in [1.165, 1.54) is 6.08 Å². The molecule has 2 heterocycles. The highest BCUT2D eigenvalue weighted by atomic mass is 16.7. The molecule has 0 spiro atoms. The van der Waals surface area contributed by atoms with Crippen molar-refractivity contribution in [2.24, 2.45) is 5.92 Å². The van der Waals surface area contributed by atoms with Gasteiger partial charge in [0.25, 0.3) is 0 Å². The van der Waals surface area contributed by atoms with Crippen molar-refractivity contribution < 1.29 is 19.1 Å². The van der Waals surface area contributed by atoms with Gasteiger partial charge in [-0.2, -0.15) is 0 Å². The van der Waals surface area contributed by atoms with E-state index < -0.39 is 0 Å². The molecular formula is C16H18N2O4. The highest BCUT2D eigenvalue weighted by molar-refractivity contribution is 5.96. The van der Waals surface area contributed by atoms with Crippen LogP contribution in [0.2, 0.25) is 0 Å². The second-order valence-corrected chi connectivity index (χ2v) is 5.36. The van der Waals surface area contributed by atoms with Crippen LogP contribution in [0, 0.1) is 5.92 Å². The summed E-state index contributed by atoms with van der Waals surface area (Å²) in [5.41, 5.74) is 0.802. The molecule has 22 heavy (non-hydrogen) atoms. The molecule has 1 fully saturated rings. The highest BCUT2D eigenvalue weighted by Gasteiger charge is 2.31. The largest absolute Gasteiger partial charge is 0.454 e. The molecule has 1 N–H and O–H groups in total. The molecule has 0 bridgehead atoms. The van der Waals surface area contributed by atoms with E-state index in [9.17, 15) is 9.59 Å². The van der Waals surface area contributed by atoms with Crippen molar-refractivity contribution in [2.75, 3.05) is 24.8 Å². The van der Waals surface area contributed by atoms with Gasteiger partial charge in [0, 0.05) is 37.2 Å². The number of carbonyl (C=O) groups is 2. The third kappa shape index (κ3) is 2.90. The van der Waals surface area contributed by atoms with Crippen LogP contribution in [-0.4, -0.2) is 31.7 Å². The summed E-state index contributed by atoms with van der Waals surface area (Å²) in [5.74, 6) is 1.41. The van der Waals surface area contributed by atoms with E-state index in [1.54, 1.807) is 17.9 Å². The van der Waals surface area contributed by atoms with Gasteiger partial charge >= 0.3 is 0 Å². The van der Waals surface area contributed by atoms with E-state index in [-0.39, 0.29) is 24.5 Å². The molecule has 1 aromatic rings. The number of allylic oxidation sites excluding steroid dienone is 1. The third-order valence-electron chi connectivity index (χ3n) is 3.76. The lowest BCUT2D eigenvalue weighted by Gasteiger charge is -2.17. The summed E-state index contributed by atoms with van der Waals surface area (Å²) in [4.78, 5) is 25.3. The van der Waals surface area contributed by atoms with Gasteiger partial charge in [0.1, 0.15) is 0 Å². The lowest BCUT2D eigenvalue weighted by molar-refractivity contribution is -0.118. The first-order chi connectivity index (χ1) is 10.7. The zero-order valence-corrected chi connectivity index (χ0v) is 12.4. The molecule has 1 saturated heterocycles. The Morgan fingerprint density at radius 1 is 1.41 bits per heavy atom. The second kappa shape index (κ2) is 6.09. The molecule has 6 nitrogen and oxygen atoms in total. The maximum absolute atomic E-state index is 12.2. The monoisotopic (exact) mass is 302 g/mol. The molecule has 1 aromatic carbocycles. The standard InChI is InChI=1S/C16H18N2O4/c1-2-3-15(19)17-8-11-6-16(20)18(9-11)12-4-5-13-14(7-12)22-10-21-13/h2-5,7,11H,6,8-10H2,1H3,(H,17,19)/b3-2-. The van der Waals surface area contributed by atoms with Crippen LogP contribution in [-0.2, 0) is 9.59 Å². The molecule has 0 aliphatic carbocycles. The summed E-state index contributed by atoms with van der Waals surface area (Å²) in [5, 5.41) is 2.81. The van der Waals surface area contributed by atoms with Crippen LogP contribution in [0.3, 0.4) is 0 Å². The Labute approximate surface area is 128 Å². The van der Waals surface area contributed by atoms with Crippen molar-refractivity contribution in [3.8, 4) is 11.5 Å². The Morgan fingerprint density at radius 2 is 2.23 bits per heavy atom. The number of hydrogen-bond acceptors (Lipinski definition) is 4. The van der Waals surface area contributed by atoms with Gasteiger partial charge < -0.3 is 19.7 Å². The first-order valence-corrected chi connectivity index (χ1v) is 7.28. The fourth-order valence-corrected chi connectivity index (χ4v) is 2.68. The molecular weight excluding hydrogens is 284 g/mol. The van der Waals surface area contributed by atoms with Gasteiger partial charge in [0.15, 0.2) is 11.5 Å². The minimum absolute atomic E-state index is 0.0594. The third-order valence-corrected chi connectivity index (χ3v) is 3.76. The molecule has 1 unspecified atom stereocenters. The van der Waals surface area contributed by atoms with Gasteiger partial charge in [-0.15, -0.1) is 0 Å². The number of amides is 2. The number of nitrogens with one attached hydrogen (secondary N) is 1. The number of carbonyl (C=O) groups excluding carboxylic acids is 2. The quantitative estimate of drug-likeness (QED) is 0.855. The summed E-state index contributed by atoms with van der Waals surface area (Å²) in [6, 6.07) is 5.49. The SMILES string of the molecule is C/C=C\C(=O)NCC1CC(=O)N(c2ccc3c(c2)OCO3)C1. The van der Waals surface area contributed by atoms with Crippen molar-refractivity contribution in [1.29, 1.82) is 0 Å². The predicted molar refractivity (Wildman–Crippen MR) is 80.8 cm³/mol. The van der Waals surface area contributed by atoms with Gasteiger partial charge in [-0.3, -0.25) is 9.59 Å². The smallest absolute Gasteiger partial charge is 0.243 e. The van der Waals surface area contributed by atoms with Crippen molar-refractivity contribution in [3.05, 3.63) is 30.4 Å². The van der Waals surface area contributed by atoms with Crippen molar-refractivity contribution >= 4 is 17.5 Å². The van der Waals surface area contributed by atoms with Gasteiger partial charge in [0.2, 0.25) is 18.6 Å². The van der Waals surface area contributed by atoms with Crippen LogP contribution in [0.25, 0.3) is 0 Å². The second-order valence-electron chi connectivity index (χ2n) is 5.36. The Bertz CT molecular complexity index is 627. The molecule has 2 amide bonds. The van der Waals surface area contributed by atoms with Crippen LogP contribution in [0.4, 0.5) is 5.69 Å². The van der Waals surface area contributed by atoms with E-state index in [2.05, 4.69) is 5.32 Å². The van der Waals surface area contributed by atoms with E-state index in [0.717, 1.165) is 5.69 Å². The predicted octanol–water partition coefficient (Wildman–Crippen LogP) is 1.46. The molecule has 6 heteroatoms. The zero-order chi connectivity index (χ0) is 15.5. The lowest BCUT2D eigenvalue weighted by atomic mass is 10.1. The van der Waals surface area contributed by atoms with Crippen LogP contribution in [0.5, 0.6) is 11.5 Å². The average Bonchev–Trinajstić information content (AvgIpc) is 3.11. The van der Waals surface area contributed by atoms with Crippen molar-refractivity contribution in [2.45, 2.75) is 13.3 Å². The minimum atomic E-state index is -0.128. The molecule has 0 saturated carbocycles. The maximum atomic E-state index is 12.2. The number of nitrogens with zero attached hydrogens (tertiary/aromatic N) is 1. The van der Waals surface area contributed by atoms with E-state index in [4.69, 9.17) is 9.47 Å². The number of ether oxygens (including phenoxy) is 2. The van der Waals surface area contributed by atoms with E-state index in [1.807, 2.05) is 18.2 Å². The number of benzene rings is 1. The number of fused-ring (bicyclic) bond motifs is 1.